The second-order valence-corrected chi connectivity index (χ2v) is 10.7. The molecule has 10 nitrogen and oxygen atoms in total. The average molecular weight is 570 g/mol. The molecule has 2 aromatic carbocycles. The minimum Gasteiger partial charge on any atom is -0.496 e. The van der Waals surface area contributed by atoms with Crippen molar-refractivity contribution in [3.63, 3.8) is 0 Å². The molecular formula is C31H43N3O7. The summed E-state index contributed by atoms with van der Waals surface area (Å²) in [6.07, 6.45) is 3.97. The molecule has 2 aromatic rings. The number of amides is 1. The fourth-order valence-corrected chi connectivity index (χ4v) is 6.11. The van der Waals surface area contributed by atoms with Crippen molar-refractivity contribution >= 4 is 11.9 Å². The Hall–Kier alpha value is -3.50. The van der Waals surface area contributed by atoms with Gasteiger partial charge in [0.15, 0.2) is 11.5 Å². The predicted octanol–water partition coefficient (Wildman–Crippen LogP) is 3.51. The number of carboxylic acid groups (broad SMARTS) is 1. The number of nitrogens with zero attached hydrogens (tertiary/aromatic N) is 2. The number of carbonyl (C=O) groups excluding carboxylic acids is 1. The van der Waals surface area contributed by atoms with Gasteiger partial charge in [-0.3, -0.25) is 14.5 Å². The van der Waals surface area contributed by atoms with Gasteiger partial charge in [-0.15, -0.1) is 0 Å². The second kappa shape index (κ2) is 14.4. The Balaban J connectivity index is 1.62. The first-order valence-electron chi connectivity index (χ1n) is 14.5. The van der Waals surface area contributed by atoms with Crippen LogP contribution in [0.15, 0.2) is 36.4 Å². The van der Waals surface area contributed by atoms with Crippen LogP contribution in [0.3, 0.4) is 0 Å². The van der Waals surface area contributed by atoms with Gasteiger partial charge in [0.1, 0.15) is 5.75 Å². The van der Waals surface area contributed by atoms with E-state index in [4.69, 9.17) is 24.7 Å². The molecule has 224 valence electrons. The van der Waals surface area contributed by atoms with E-state index in [0.717, 1.165) is 42.6 Å². The highest BCUT2D eigenvalue weighted by atomic mass is 16.7. The molecular weight excluding hydrogens is 526 g/mol. The van der Waals surface area contributed by atoms with Gasteiger partial charge in [0.05, 0.1) is 26.7 Å². The summed E-state index contributed by atoms with van der Waals surface area (Å²) in [5.74, 6) is 0.409. The lowest BCUT2D eigenvalue weighted by atomic mass is 9.83. The molecule has 41 heavy (non-hydrogen) atoms. The van der Waals surface area contributed by atoms with E-state index in [-0.39, 0.29) is 31.2 Å². The zero-order chi connectivity index (χ0) is 29.4. The molecule has 0 saturated carbocycles. The third-order valence-electron chi connectivity index (χ3n) is 8.15. The Labute approximate surface area is 242 Å². The van der Waals surface area contributed by atoms with Crippen LogP contribution >= 0.6 is 0 Å². The Morgan fingerprint density at radius 1 is 1.10 bits per heavy atom. The normalized spacial score (nSPS) is 19.8. The summed E-state index contributed by atoms with van der Waals surface area (Å²) in [5.41, 5.74) is 7.70. The van der Waals surface area contributed by atoms with E-state index >= 15 is 0 Å². The van der Waals surface area contributed by atoms with Crippen molar-refractivity contribution in [2.45, 2.75) is 51.0 Å². The van der Waals surface area contributed by atoms with Gasteiger partial charge in [-0.2, -0.15) is 0 Å². The van der Waals surface area contributed by atoms with E-state index in [2.05, 4.69) is 11.8 Å². The summed E-state index contributed by atoms with van der Waals surface area (Å²) in [5, 5.41) is 10.5. The number of carbonyl (C=O) groups is 2. The van der Waals surface area contributed by atoms with Crippen LogP contribution in [0.4, 0.5) is 0 Å². The Morgan fingerprint density at radius 2 is 1.88 bits per heavy atom. The van der Waals surface area contributed by atoms with Crippen LogP contribution in [0.25, 0.3) is 0 Å². The number of likely N-dealkylation sites (tertiary alicyclic amines) is 1. The van der Waals surface area contributed by atoms with E-state index in [0.29, 0.717) is 49.8 Å². The minimum absolute atomic E-state index is 0.0216. The molecule has 1 amide bonds. The molecule has 1 fully saturated rings. The maximum atomic E-state index is 13.5. The van der Waals surface area contributed by atoms with Crippen LogP contribution < -0.4 is 24.7 Å². The monoisotopic (exact) mass is 569 g/mol. The molecule has 0 aliphatic carbocycles. The molecule has 2 aliphatic heterocycles. The highest BCUT2D eigenvalue weighted by Crippen LogP contribution is 2.47. The van der Waals surface area contributed by atoms with Crippen molar-refractivity contribution in [2.24, 2.45) is 11.7 Å². The molecule has 0 spiro atoms. The number of unbranched alkanes of at least 4 members (excludes halogenated alkanes) is 1. The van der Waals surface area contributed by atoms with Crippen LogP contribution in [-0.2, 0) is 16.0 Å². The van der Waals surface area contributed by atoms with Gasteiger partial charge < -0.3 is 34.7 Å². The number of aryl methyl sites for hydroxylation is 1. The van der Waals surface area contributed by atoms with Crippen molar-refractivity contribution in [2.75, 3.05) is 53.7 Å². The molecule has 3 atom stereocenters. The van der Waals surface area contributed by atoms with Crippen molar-refractivity contribution < 1.29 is 33.6 Å². The number of para-hydroxylation sites is 1. The van der Waals surface area contributed by atoms with Gasteiger partial charge in [0, 0.05) is 38.1 Å². The van der Waals surface area contributed by atoms with Crippen LogP contribution in [0.1, 0.15) is 49.7 Å². The van der Waals surface area contributed by atoms with Crippen molar-refractivity contribution in [3.05, 3.63) is 47.5 Å². The first-order chi connectivity index (χ1) is 19.9. The predicted molar refractivity (Wildman–Crippen MR) is 155 cm³/mol. The van der Waals surface area contributed by atoms with E-state index < -0.39 is 11.9 Å². The maximum Gasteiger partial charge on any atom is 0.308 e. The van der Waals surface area contributed by atoms with Gasteiger partial charge in [0.2, 0.25) is 18.4 Å². The van der Waals surface area contributed by atoms with E-state index in [1.54, 1.807) is 14.2 Å². The first-order valence-corrected chi connectivity index (χ1v) is 14.5. The molecule has 0 aromatic heterocycles. The molecule has 10 heteroatoms. The Morgan fingerprint density at radius 3 is 2.59 bits per heavy atom. The summed E-state index contributed by atoms with van der Waals surface area (Å²) in [7, 11) is 3.21. The average Bonchev–Trinajstić information content (AvgIpc) is 3.60. The molecule has 1 saturated heterocycles. The van der Waals surface area contributed by atoms with Gasteiger partial charge in [0.25, 0.3) is 0 Å². The largest absolute Gasteiger partial charge is 0.496 e. The third kappa shape index (κ3) is 7.05. The number of hydrogen-bond acceptors (Lipinski definition) is 8. The smallest absolute Gasteiger partial charge is 0.308 e. The standard InChI is InChI=1S/C31H43N3O7/c1-4-5-14-33(15-13-32)28(35)19-34-18-23(22-16-26(39-3)30-27(17-22)40-20-41-30)29(31(36)37)24(34)11-8-10-21-9-6-7-12-25(21)38-2/h6-7,9,12,16-17,23-24,29H,4-5,8,10-11,13-15,18-20,32H2,1-3H3,(H,36,37). The molecule has 3 N–H and O–H groups in total. The lowest BCUT2D eigenvalue weighted by molar-refractivity contribution is -0.143. The number of methoxy groups -OCH3 is 2. The van der Waals surface area contributed by atoms with Crippen molar-refractivity contribution in [3.8, 4) is 23.0 Å². The van der Waals surface area contributed by atoms with Gasteiger partial charge >= 0.3 is 5.97 Å². The minimum atomic E-state index is -0.881. The van der Waals surface area contributed by atoms with Gasteiger partial charge in [-0.05, 0) is 55.0 Å². The van der Waals surface area contributed by atoms with E-state index in [9.17, 15) is 14.7 Å². The molecule has 4 rings (SSSR count). The highest BCUT2D eigenvalue weighted by Gasteiger charge is 2.47. The lowest BCUT2D eigenvalue weighted by Gasteiger charge is -2.29. The van der Waals surface area contributed by atoms with Gasteiger partial charge in [-0.1, -0.05) is 31.5 Å². The number of carboxylic acids is 1. The van der Waals surface area contributed by atoms with E-state index in [1.165, 1.54) is 0 Å². The quantitative estimate of drug-likeness (QED) is 0.332. The summed E-state index contributed by atoms with van der Waals surface area (Å²) in [6.45, 7) is 4.25. The molecule has 0 radical (unpaired) electrons. The first kappa shape index (κ1) is 30.5. The van der Waals surface area contributed by atoms with Crippen LogP contribution in [-0.4, -0.2) is 86.6 Å². The molecule has 2 heterocycles. The fourth-order valence-electron chi connectivity index (χ4n) is 6.11. The number of hydrogen-bond donors (Lipinski definition) is 2. The van der Waals surface area contributed by atoms with Gasteiger partial charge in [-0.25, -0.2) is 0 Å². The highest BCUT2D eigenvalue weighted by molar-refractivity contribution is 5.79. The van der Waals surface area contributed by atoms with Crippen LogP contribution in [0.2, 0.25) is 0 Å². The summed E-state index contributed by atoms with van der Waals surface area (Å²) in [4.78, 5) is 30.2. The number of nitrogens with two attached hydrogens (primary N) is 1. The topological polar surface area (TPSA) is 124 Å². The second-order valence-electron chi connectivity index (χ2n) is 10.7. The fraction of sp³-hybridized carbons (Fsp3) is 0.548. The third-order valence-corrected chi connectivity index (χ3v) is 8.15. The summed E-state index contributed by atoms with van der Waals surface area (Å²) >= 11 is 0. The summed E-state index contributed by atoms with van der Waals surface area (Å²) in [6, 6.07) is 11.2. The zero-order valence-electron chi connectivity index (χ0n) is 24.3. The van der Waals surface area contributed by atoms with Crippen molar-refractivity contribution in [1.29, 1.82) is 0 Å². The number of ether oxygens (including phenoxy) is 4. The zero-order valence-corrected chi connectivity index (χ0v) is 24.3. The Bertz CT molecular complexity index is 1190. The maximum absolute atomic E-state index is 13.5. The number of benzene rings is 2. The summed E-state index contributed by atoms with van der Waals surface area (Å²) < 4.78 is 22.3. The Kier molecular flexibility index (Phi) is 10.7. The number of aliphatic carboxylic acids is 1. The lowest BCUT2D eigenvalue weighted by Crippen LogP contribution is -2.45. The van der Waals surface area contributed by atoms with Crippen molar-refractivity contribution in [1.82, 2.24) is 9.80 Å². The SMILES string of the molecule is CCCCN(CCN)C(=O)CN1CC(c2cc(OC)c3c(c2)OCO3)C(C(=O)O)C1CCCc1ccccc1OC. The molecule has 2 aliphatic rings. The number of fused-ring (bicyclic) bond motifs is 1. The van der Waals surface area contributed by atoms with Crippen LogP contribution in [0.5, 0.6) is 23.0 Å². The molecule has 0 bridgehead atoms. The molecule has 3 unspecified atom stereocenters. The number of rotatable bonds is 15. The van der Waals surface area contributed by atoms with Crippen LogP contribution in [0, 0.1) is 5.92 Å². The van der Waals surface area contributed by atoms with E-state index in [1.807, 2.05) is 41.3 Å².